The molecule has 160 valence electrons. The lowest BCUT2D eigenvalue weighted by molar-refractivity contribution is 0.632. The van der Waals surface area contributed by atoms with E-state index in [0.29, 0.717) is 0 Å². The molecule has 0 N–H and O–H groups in total. The zero-order valence-corrected chi connectivity index (χ0v) is 19.2. The first kappa shape index (κ1) is 23.7. The van der Waals surface area contributed by atoms with Crippen molar-refractivity contribution in [1.29, 1.82) is 0 Å². The van der Waals surface area contributed by atoms with Crippen LogP contribution in [0.15, 0.2) is 48.5 Å². The third-order valence-corrected chi connectivity index (χ3v) is 6.11. The highest BCUT2D eigenvalue weighted by Crippen LogP contribution is 2.14. The van der Waals surface area contributed by atoms with Gasteiger partial charge < -0.3 is 0 Å². The van der Waals surface area contributed by atoms with Crippen molar-refractivity contribution in [2.45, 2.75) is 110 Å². The van der Waals surface area contributed by atoms with E-state index in [1.54, 1.807) is 0 Å². The van der Waals surface area contributed by atoms with Crippen LogP contribution in [0, 0.1) is 0 Å². The van der Waals surface area contributed by atoms with E-state index in [9.17, 15) is 0 Å². The number of aryl methyl sites for hydroxylation is 4. The largest absolute Gasteiger partial charge is 0.0654 e. The van der Waals surface area contributed by atoms with Gasteiger partial charge in [-0.2, -0.15) is 0 Å². The van der Waals surface area contributed by atoms with Crippen molar-refractivity contribution in [2.75, 3.05) is 0 Å². The highest BCUT2D eigenvalue weighted by Gasteiger charge is 1.99. The standard InChI is InChI=1S/C29H44/c1-3-5-7-9-11-14-26-18-22-28(23-19-26)16-13-17-29-24-20-27(21-25-29)15-12-10-8-6-4-2/h18-25H,3-17H2,1-2H3. The Kier molecular flexibility index (Phi) is 12.5. The van der Waals surface area contributed by atoms with Gasteiger partial charge in [0.25, 0.3) is 0 Å². The molecule has 0 heterocycles. The van der Waals surface area contributed by atoms with Crippen molar-refractivity contribution in [3.63, 3.8) is 0 Å². The van der Waals surface area contributed by atoms with Crippen LogP contribution in [-0.4, -0.2) is 0 Å². The summed E-state index contributed by atoms with van der Waals surface area (Å²) in [7, 11) is 0. The van der Waals surface area contributed by atoms with E-state index >= 15 is 0 Å². The molecule has 2 aromatic carbocycles. The third-order valence-electron chi connectivity index (χ3n) is 6.11. The number of hydrogen-bond acceptors (Lipinski definition) is 0. The summed E-state index contributed by atoms with van der Waals surface area (Å²) in [6.07, 6.45) is 19.8. The maximum absolute atomic E-state index is 2.35. The van der Waals surface area contributed by atoms with Crippen LogP contribution in [0.1, 0.15) is 107 Å². The Labute approximate surface area is 181 Å². The molecule has 0 nitrogen and oxygen atoms in total. The van der Waals surface area contributed by atoms with E-state index in [4.69, 9.17) is 0 Å². The summed E-state index contributed by atoms with van der Waals surface area (Å²) in [5.41, 5.74) is 6.00. The Morgan fingerprint density at radius 3 is 0.931 bits per heavy atom. The van der Waals surface area contributed by atoms with Crippen molar-refractivity contribution >= 4 is 0 Å². The van der Waals surface area contributed by atoms with E-state index in [1.807, 2.05) is 0 Å². The van der Waals surface area contributed by atoms with Crippen molar-refractivity contribution in [3.05, 3.63) is 70.8 Å². The average molecular weight is 393 g/mol. The zero-order valence-electron chi connectivity index (χ0n) is 19.2. The lowest BCUT2D eigenvalue weighted by Crippen LogP contribution is -1.93. The molecule has 0 amide bonds. The number of hydrogen-bond donors (Lipinski definition) is 0. The minimum Gasteiger partial charge on any atom is -0.0654 e. The zero-order chi connectivity index (χ0) is 20.6. The molecule has 0 fully saturated rings. The lowest BCUT2D eigenvalue weighted by Gasteiger charge is -2.06. The second-order valence-electron chi connectivity index (χ2n) is 8.81. The maximum atomic E-state index is 2.35. The van der Waals surface area contributed by atoms with E-state index < -0.39 is 0 Å². The summed E-state index contributed by atoms with van der Waals surface area (Å²) in [5.74, 6) is 0. The Hall–Kier alpha value is -1.56. The average Bonchev–Trinajstić information content (AvgIpc) is 2.75. The van der Waals surface area contributed by atoms with Gasteiger partial charge in [-0.1, -0.05) is 114 Å². The van der Waals surface area contributed by atoms with Crippen LogP contribution in [0.4, 0.5) is 0 Å². The second-order valence-corrected chi connectivity index (χ2v) is 8.81. The molecule has 0 bridgehead atoms. The quantitative estimate of drug-likeness (QED) is 0.250. The van der Waals surface area contributed by atoms with Gasteiger partial charge in [-0.15, -0.1) is 0 Å². The first-order chi connectivity index (χ1) is 14.3. The van der Waals surface area contributed by atoms with E-state index in [1.165, 1.54) is 119 Å². The molecule has 0 aliphatic carbocycles. The maximum Gasteiger partial charge on any atom is -0.0276 e. The first-order valence-corrected chi connectivity index (χ1v) is 12.5. The van der Waals surface area contributed by atoms with Crippen LogP contribution in [0.2, 0.25) is 0 Å². The highest BCUT2D eigenvalue weighted by molar-refractivity contribution is 5.24. The number of benzene rings is 2. The van der Waals surface area contributed by atoms with E-state index in [-0.39, 0.29) is 0 Å². The number of unbranched alkanes of at least 4 members (excludes halogenated alkanes) is 8. The summed E-state index contributed by atoms with van der Waals surface area (Å²) in [4.78, 5) is 0. The van der Waals surface area contributed by atoms with Gasteiger partial charge in [0.1, 0.15) is 0 Å². The van der Waals surface area contributed by atoms with Crippen LogP contribution in [0.25, 0.3) is 0 Å². The molecule has 0 saturated heterocycles. The SMILES string of the molecule is CCCCCCCc1ccc(CCCc2ccc(CCCCCCC)cc2)cc1. The monoisotopic (exact) mass is 392 g/mol. The van der Waals surface area contributed by atoms with Gasteiger partial charge in [0.05, 0.1) is 0 Å². The summed E-state index contributed by atoms with van der Waals surface area (Å²) < 4.78 is 0. The van der Waals surface area contributed by atoms with Gasteiger partial charge in [-0.05, 0) is 67.2 Å². The molecule has 0 radical (unpaired) electrons. The van der Waals surface area contributed by atoms with Crippen molar-refractivity contribution < 1.29 is 0 Å². The Morgan fingerprint density at radius 2 is 0.621 bits per heavy atom. The summed E-state index contributed by atoms with van der Waals surface area (Å²) >= 11 is 0. The lowest BCUT2D eigenvalue weighted by atomic mass is 9.99. The first-order valence-electron chi connectivity index (χ1n) is 12.5. The molecule has 29 heavy (non-hydrogen) atoms. The fourth-order valence-electron chi connectivity index (χ4n) is 4.11. The van der Waals surface area contributed by atoms with Gasteiger partial charge in [0.15, 0.2) is 0 Å². The van der Waals surface area contributed by atoms with Gasteiger partial charge in [0.2, 0.25) is 0 Å². The molecule has 0 heteroatoms. The van der Waals surface area contributed by atoms with Gasteiger partial charge in [0, 0.05) is 0 Å². The molecular formula is C29H44. The molecule has 0 aliphatic heterocycles. The van der Waals surface area contributed by atoms with Crippen molar-refractivity contribution in [2.24, 2.45) is 0 Å². The molecule has 0 aromatic heterocycles. The number of rotatable bonds is 16. The molecule has 2 rings (SSSR count). The molecule has 0 unspecified atom stereocenters. The predicted molar refractivity (Wildman–Crippen MR) is 130 cm³/mol. The smallest absolute Gasteiger partial charge is 0.0276 e. The Morgan fingerprint density at radius 1 is 0.345 bits per heavy atom. The van der Waals surface area contributed by atoms with Gasteiger partial charge in [-0.25, -0.2) is 0 Å². The molecule has 0 spiro atoms. The summed E-state index contributed by atoms with van der Waals surface area (Å²) in [6, 6.07) is 18.8. The van der Waals surface area contributed by atoms with Gasteiger partial charge >= 0.3 is 0 Å². The van der Waals surface area contributed by atoms with Crippen LogP contribution < -0.4 is 0 Å². The van der Waals surface area contributed by atoms with E-state index in [2.05, 4.69) is 62.4 Å². The normalized spacial score (nSPS) is 11.1. The van der Waals surface area contributed by atoms with Crippen LogP contribution in [0.5, 0.6) is 0 Å². The molecule has 2 aromatic rings. The van der Waals surface area contributed by atoms with Gasteiger partial charge in [-0.3, -0.25) is 0 Å². The topological polar surface area (TPSA) is 0 Å². The van der Waals surface area contributed by atoms with E-state index in [0.717, 1.165) is 0 Å². The molecular weight excluding hydrogens is 348 g/mol. The molecule has 0 saturated carbocycles. The van der Waals surface area contributed by atoms with Crippen LogP contribution >= 0.6 is 0 Å². The fraction of sp³-hybridized carbons (Fsp3) is 0.586. The second kappa shape index (κ2) is 15.3. The minimum atomic E-state index is 1.19. The molecule has 0 atom stereocenters. The fourth-order valence-corrected chi connectivity index (χ4v) is 4.11. The van der Waals surface area contributed by atoms with Crippen LogP contribution in [-0.2, 0) is 25.7 Å². The van der Waals surface area contributed by atoms with Crippen molar-refractivity contribution in [1.82, 2.24) is 0 Å². The summed E-state index contributed by atoms with van der Waals surface area (Å²) in [5, 5.41) is 0. The Bertz CT molecular complexity index is 563. The Balaban J connectivity index is 1.61. The minimum absolute atomic E-state index is 1.19. The summed E-state index contributed by atoms with van der Waals surface area (Å²) in [6.45, 7) is 4.56. The van der Waals surface area contributed by atoms with Crippen LogP contribution in [0.3, 0.4) is 0 Å². The molecule has 0 aliphatic rings. The third kappa shape index (κ3) is 10.7. The predicted octanol–water partition coefficient (Wildman–Crippen LogP) is 8.89. The highest BCUT2D eigenvalue weighted by atomic mass is 14.1. The van der Waals surface area contributed by atoms with Crippen molar-refractivity contribution in [3.8, 4) is 0 Å².